The average molecular weight is 222 g/mol. The Morgan fingerprint density at radius 1 is 1.56 bits per heavy atom. The second-order valence-corrected chi connectivity index (χ2v) is 4.84. The number of nitrogens with zero attached hydrogens (tertiary/aromatic N) is 3. The number of aryl methyl sites for hydroxylation is 1. The summed E-state index contributed by atoms with van der Waals surface area (Å²) in [5.41, 5.74) is 0. The van der Waals surface area contributed by atoms with Crippen molar-refractivity contribution in [3.05, 3.63) is 12.2 Å². The third-order valence-corrected chi connectivity index (χ3v) is 3.25. The van der Waals surface area contributed by atoms with Crippen LogP contribution in [0.4, 0.5) is 0 Å². The molecule has 1 N–H and O–H groups in total. The van der Waals surface area contributed by atoms with Crippen LogP contribution in [-0.2, 0) is 13.5 Å². The maximum absolute atomic E-state index is 4.30. The third-order valence-electron chi connectivity index (χ3n) is 3.25. The zero-order valence-corrected chi connectivity index (χ0v) is 10.3. The molecule has 0 bridgehead atoms. The first-order chi connectivity index (χ1) is 7.79. The Morgan fingerprint density at radius 2 is 2.38 bits per heavy atom. The minimum Gasteiger partial charge on any atom is -0.314 e. The van der Waals surface area contributed by atoms with E-state index in [1.165, 1.54) is 25.7 Å². The second kappa shape index (κ2) is 5.43. The van der Waals surface area contributed by atoms with Gasteiger partial charge in [-0.15, -0.1) is 0 Å². The van der Waals surface area contributed by atoms with Crippen LogP contribution in [0, 0.1) is 5.92 Å². The molecule has 16 heavy (non-hydrogen) atoms. The summed E-state index contributed by atoms with van der Waals surface area (Å²) in [6.07, 6.45) is 7.93. The normalized spacial score (nSPS) is 17.6. The molecule has 1 fully saturated rings. The molecule has 0 amide bonds. The summed E-state index contributed by atoms with van der Waals surface area (Å²) in [4.78, 5) is 4.30. The molecular weight excluding hydrogens is 200 g/mol. The van der Waals surface area contributed by atoms with Gasteiger partial charge in [0.05, 0.1) is 0 Å². The molecule has 1 aromatic heterocycles. The summed E-state index contributed by atoms with van der Waals surface area (Å²) in [5.74, 6) is 1.81. The molecule has 90 valence electrons. The van der Waals surface area contributed by atoms with Gasteiger partial charge >= 0.3 is 0 Å². The fraction of sp³-hybridized carbons (Fsp3) is 0.833. The fourth-order valence-electron chi connectivity index (χ4n) is 2.07. The molecular formula is C12H22N4. The van der Waals surface area contributed by atoms with Gasteiger partial charge in [-0.25, -0.2) is 4.98 Å². The molecule has 1 unspecified atom stereocenters. The van der Waals surface area contributed by atoms with Crippen molar-refractivity contribution in [2.45, 2.75) is 45.1 Å². The number of nitrogens with one attached hydrogen (secondary N) is 1. The predicted octanol–water partition coefficient (Wildman–Crippen LogP) is 1.53. The van der Waals surface area contributed by atoms with E-state index >= 15 is 0 Å². The van der Waals surface area contributed by atoms with Crippen molar-refractivity contribution in [1.82, 2.24) is 20.1 Å². The molecule has 0 saturated heterocycles. The highest BCUT2D eigenvalue weighted by molar-refractivity contribution is 4.88. The van der Waals surface area contributed by atoms with Gasteiger partial charge in [0, 0.05) is 19.5 Å². The summed E-state index contributed by atoms with van der Waals surface area (Å²) in [5, 5.41) is 7.74. The maximum atomic E-state index is 4.30. The van der Waals surface area contributed by atoms with Gasteiger partial charge in [-0.1, -0.05) is 13.3 Å². The smallest absolute Gasteiger partial charge is 0.138 e. The van der Waals surface area contributed by atoms with Crippen molar-refractivity contribution in [3.8, 4) is 0 Å². The topological polar surface area (TPSA) is 42.7 Å². The van der Waals surface area contributed by atoms with Crippen molar-refractivity contribution >= 4 is 0 Å². The summed E-state index contributed by atoms with van der Waals surface area (Å²) < 4.78 is 1.89. The van der Waals surface area contributed by atoms with Gasteiger partial charge in [0.1, 0.15) is 12.2 Å². The number of aromatic nitrogens is 3. The lowest BCUT2D eigenvalue weighted by atomic mass is 9.99. The van der Waals surface area contributed by atoms with E-state index in [2.05, 4.69) is 22.3 Å². The first kappa shape index (κ1) is 11.6. The van der Waals surface area contributed by atoms with Crippen molar-refractivity contribution in [2.75, 3.05) is 6.54 Å². The van der Waals surface area contributed by atoms with Gasteiger partial charge in [0.2, 0.25) is 0 Å². The highest BCUT2D eigenvalue weighted by Crippen LogP contribution is 2.20. The van der Waals surface area contributed by atoms with Crippen LogP contribution >= 0.6 is 0 Å². The van der Waals surface area contributed by atoms with E-state index in [0.29, 0.717) is 5.92 Å². The highest BCUT2D eigenvalue weighted by atomic mass is 15.3. The second-order valence-electron chi connectivity index (χ2n) is 4.84. The SMILES string of the molecule is CCCC(CNC1CC1)Cc1ncnn1C. The summed E-state index contributed by atoms with van der Waals surface area (Å²) in [6.45, 7) is 3.38. The van der Waals surface area contributed by atoms with Gasteiger partial charge < -0.3 is 5.32 Å². The van der Waals surface area contributed by atoms with Crippen LogP contribution in [0.1, 0.15) is 38.4 Å². The lowest BCUT2D eigenvalue weighted by molar-refractivity contribution is 0.423. The Bertz CT molecular complexity index is 317. The lowest BCUT2D eigenvalue weighted by Crippen LogP contribution is -2.26. The van der Waals surface area contributed by atoms with E-state index in [4.69, 9.17) is 0 Å². The van der Waals surface area contributed by atoms with Crippen molar-refractivity contribution in [1.29, 1.82) is 0 Å². The van der Waals surface area contributed by atoms with Gasteiger partial charge in [0.25, 0.3) is 0 Å². The van der Waals surface area contributed by atoms with E-state index in [1.807, 2.05) is 11.7 Å². The lowest BCUT2D eigenvalue weighted by Gasteiger charge is -2.16. The molecule has 1 saturated carbocycles. The van der Waals surface area contributed by atoms with Gasteiger partial charge in [-0.05, 0) is 31.7 Å². The quantitative estimate of drug-likeness (QED) is 0.760. The van der Waals surface area contributed by atoms with Crippen molar-refractivity contribution in [2.24, 2.45) is 13.0 Å². The van der Waals surface area contributed by atoms with Crippen LogP contribution in [0.15, 0.2) is 6.33 Å². The van der Waals surface area contributed by atoms with Gasteiger partial charge in [-0.2, -0.15) is 5.10 Å². The van der Waals surface area contributed by atoms with Crippen LogP contribution in [-0.4, -0.2) is 27.4 Å². The number of rotatable bonds is 7. The molecule has 1 aliphatic carbocycles. The van der Waals surface area contributed by atoms with Crippen LogP contribution in [0.25, 0.3) is 0 Å². The molecule has 0 radical (unpaired) electrons. The number of hydrogen-bond acceptors (Lipinski definition) is 3. The Labute approximate surface area is 97.5 Å². The van der Waals surface area contributed by atoms with E-state index in [-0.39, 0.29) is 0 Å². The summed E-state index contributed by atoms with van der Waals surface area (Å²) >= 11 is 0. The molecule has 4 nitrogen and oxygen atoms in total. The first-order valence-electron chi connectivity index (χ1n) is 6.35. The zero-order chi connectivity index (χ0) is 11.4. The molecule has 0 aliphatic heterocycles. The molecule has 1 aliphatic rings. The monoisotopic (exact) mass is 222 g/mol. The summed E-state index contributed by atoms with van der Waals surface area (Å²) in [6, 6.07) is 0.804. The molecule has 4 heteroatoms. The van der Waals surface area contributed by atoms with E-state index in [9.17, 15) is 0 Å². The largest absolute Gasteiger partial charge is 0.314 e. The van der Waals surface area contributed by atoms with Crippen LogP contribution in [0.3, 0.4) is 0 Å². The molecule has 2 rings (SSSR count). The van der Waals surface area contributed by atoms with Crippen LogP contribution < -0.4 is 5.32 Å². The number of hydrogen-bond donors (Lipinski definition) is 1. The van der Waals surface area contributed by atoms with Gasteiger partial charge in [0.15, 0.2) is 0 Å². The molecule has 1 atom stereocenters. The van der Waals surface area contributed by atoms with E-state index in [0.717, 1.165) is 24.8 Å². The Kier molecular flexibility index (Phi) is 3.93. The first-order valence-corrected chi connectivity index (χ1v) is 6.35. The predicted molar refractivity (Wildman–Crippen MR) is 64.1 cm³/mol. The Hall–Kier alpha value is -0.900. The van der Waals surface area contributed by atoms with Gasteiger partial charge in [-0.3, -0.25) is 4.68 Å². The summed E-state index contributed by atoms with van der Waals surface area (Å²) in [7, 11) is 1.97. The van der Waals surface area contributed by atoms with Crippen molar-refractivity contribution in [3.63, 3.8) is 0 Å². The van der Waals surface area contributed by atoms with Crippen LogP contribution in [0.2, 0.25) is 0 Å². The standard InChI is InChI=1S/C12H22N4/c1-3-4-10(8-13-11-5-6-11)7-12-14-9-15-16(12)2/h9-11,13H,3-8H2,1-2H3. The maximum Gasteiger partial charge on any atom is 0.138 e. The zero-order valence-electron chi connectivity index (χ0n) is 10.3. The molecule has 1 aromatic rings. The molecule has 0 aromatic carbocycles. The molecule has 0 spiro atoms. The minimum atomic E-state index is 0.702. The third kappa shape index (κ3) is 3.30. The average Bonchev–Trinajstić information content (AvgIpc) is 3.01. The Balaban J connectivity index is 1.83. The van der Waals surface area contributed by atoms with Crippen molar-refractivity contribution < 1.29 is 0 Å². The molecule has 1 heterocycles. The van der Waals surface area contributed by atoms with E-state index in [1.54, 1.807) is 6.33 Å². The minimum absolute atomic E-state index is 0.702. The van der Waals surface area contributed by atoms with E-state index < -0.39 is 0 Å². The highest BCUT2D eigenvalue weighted by Gasteiger charge is 2.22. The van der Waals surface area contributed by atoms with Crippen LogP contribution in [0.5, 0.6) is 0 Å². The Morgan fingerprint density at radius 3 is 2.94 bits per heavy atom. The fourth-order valence-corrected chi connectivity index (χ4v) is 2.07.